The molecule has 7 heteroatoms. The van der Waals surface area contributed by atoms with Gasteiger partial charge in [0.1, 0.15) is 5.75 Å². The van der Waals surface area contributed by atoms with Crippen LogP contribution in [0, 0.1) is 11.8 Å². The van der Waals surface area contributed by atoms with Crippen molar-refractivity contribution in [3.8, 4) is 5.75 Å². The van der Waals surface area contributed by atoms with Crippen LogP contribution in [-0.4, -0.2) is 30.5 Å². The van der Waals surface area contributed by atoms with E-state index in [0.717, 1.165) is 34.2 Å². The van der Waals surface area contributed by atoms with Gasteiger partial charge < -0.3 is 4.74 Å². The monoisotopic (exact) mass is 583 g/mol. The van der Waals surface area contributed by atoms with Crippen LogP contribution in [0.1, 0.15) is 53.5 Å². The highest BCUT2D eigenvalue weighted by atomic mass is 16.5. The zero-order valence-corrected chi connectivity index (χ0v) is 24.5. The van der Waals surface area contributed by atoms with Gasteiger partial charge in [0.25, 0.3) is 0 Å². The number of nitrogens with zero attached hydrogens (tertiary/aromatic N) is 2. The predicted molar refractivity (Wildman–Crippen MR) is 169 cm³/mol. The molecule has 8 rings (SSSR count). The minimum absolute atomic E-state index is 0.218. The van der Waals surface area contributed by atoms with Crippen LogP contribution < -0.4 is 15.1 Å². The second-order valence-corrected chi connectivity index (χ2v) is 11.7. The molecular formula is C37H33N3O4. The Balaban J connectivity index is 1.28. The van der Waals surface area contributed by atoms with Gasteiger partial charge in [-0.15, -0.1) is 0 Å². The molecule has 2 bridgehead atoms. The molecule has 4 aromatic rings. The molecule has 7 nitrogen and oxygen atoms in total. The number of hydrazone groups is 1. The first kappa shape index (κ1) is 27.8. The molecule has 0 radical (unpaired) electrons. The average Bonchev–Trinajstić information content (AvgIpc) is 3.34. The fraction of sp³-hybridized carbons (Fsp3) is 0.243. The topological polar surface area (TPSA) is 88.1 Å². The molecule has 1 aliphatic heterocycles. The maximum Gasteiger partial charge on any atom is 0.240 e. The zero-order chi connectivity index (χ0) is 30.3. The number of imide groups is 1. The summed E-state index contributed by atoms with van der Waals surface area (Å²) < 4.78 is 5.73. The number of rotatable bonds is 9. The molecule has 4 aromatic carbocycles. The van der Waals surface area contributed by atoms with Crippen molar-refractivity contribution in [2.45, 2.75) is 37.5 Å². The van der Waals surface area contributed by atoms with Crippen molar-refractivity contribution in [3.63, 3.8) is 0 Å². The zero-order valence-electron chi connectivity index (χ0n) is 24.5. The standard InChI is InChI=1S/C37H33N3O4/c1-2-22-44-26-19-17-25(18-20-26)40-35(42)33-32-27-12-6-8-14-29(27)37(34(33)36(40)43,30-15-9-7-13-28(30)32)23-38-39-31(41)21-16-24-10-4-3-5-11-24/h3-15,17-20,23,32-34H,2,16,21-22H2,1H3,(H,39,41)/b38-23-/t32?,33-,34-,37?/m1/s1. The van der Waals surface area contributed by atoms with E-state index in [1.54, 1.807) is 30.5 Å². The summed E-state index contributed by atoms with van der Waals surface area (Å²) in [6.45, 7) is 2.63. The summed E-state index contributed by atoms with van der Waals surface area (Å²) >= 11 is 0. The van der Waals surface area contributed by atoms with Gasteiger partial charge in [-0.25, -0.2) is 10.3 Å². The van der Waals surface area contributed by atoms with Gasteiger partial charge >= 0.3 is 0 Å². The van der Waals surface area contributed by atoms with E-state index in [1.165, 1.54) is 4.90 Å². The van der Waals surface area contributed by atoms with Gasteiger partial charge in [0.2, 0.25) is 17.7 Å². The van der Waals surface area contributed by atoms with Crippen molar-refractivity contribution >= 4 is 29.6 Å². The van der Waals surface area contributed by atoms with E-state index in [0.29, 0.717) is 24.5 Å². The second-order valence-electron chi connectivity index (χ2n) is 11.7. The number of aryl methyl sites for hydroxylation is 1. The number of anilines is 1. The van der Waals surface area contributed by atoms with E-state index in [9.17, 15) is 14.4 Å². The molecular weight excluding hydrogens is 550 g/mol. The lowest BCUT2D eigenvalue weighted by molar-refractivity contribution is -0.123. The Morgan fingerprint density at radius 2 is 1.50 bits per heavy atom. The summed E-state index contributed by atoms with van der Waals surface area (Å²) in [6, 6.07) is 33.0. The number of hydrogen-bond donors (Lipinski definition) is 1. The van der Waals surface area contributed by atoms with Gasteiger partial charge in [0, 0.05) is 18.6 Å². The van der Waals surface area contributed by atoms with Gasteiger partial charge in [-0.2, -0.15) is 5.10 Å². The minimum Gasteiger partial charge on any atom is -0.494 e. The predicted octanol–water partition coefficient (Wildman–Crippen LogP) is 5.76. The summed E-state index contributed by atoms with van der Waals surface area (Å²) in [5, 5.41) is 4.51. The second kappa shape index (κ2) is 11.2. The fourth-order valence-corrected chi connectivity index (χ4v) is 7.38. The minimum atomic E-state index is -1.04. The first-order valence-corrected chi connectivity index (χ1v) is 15.2. The summed E-state index contributed by atoms with van der Waals surface area (Å²) in [7, 11) is 0. The Bertz CT molecular complexity index is 1720. The Morgan fingerprint density at radius 3 is 2.16 bits per heavy atom. The molecule has 3 amide bonds. The number of amides is 3. The van der Waals surface area contributed by atoms with Crippen LogP contribution >= 0.6 is 0 Å². The SMILES string of the molecule is CCCOc1ccc(N2C(=O)[C@@H]3C4c5ccccc5C(/C=N\NC(=O)CCc5ccccc5)(c5ccccc54)[C@H]3C2=O)cc1. The summed E-state index contributed by atoms with van der Waals surface area (Å²) in [6.07, 6.45) is 3.46. The van der Waals surface area contributed by atoms with Crippen LogP contribution in [0.2, 0.25) is 0 Å². The van der Waals surface area contributed by atoms with Crippen molar-refractivity contribution < 1.29 is 19.1 Å². The molecule has 2 atom stereocenters. The Kier molecular flexibility index (Phi) is 7.09. The van der Waals surface area contributed by atoms with Crippen LogP contribution in [0.15, 0.2) is 108 Å². The van der Waals surface area contributed by atoms with Gasteiger partial charge in [0.15, 0.2) is 0 Å². The van der Waals surface area contributed by atoms with Gasteiger partial charge in [0.05, 0.1) is 29.5 Å². The van der Waals surface area contributed by atoms with E-state index >= 15 is 0 Å². The molecule has 220 valence electrons. The van der Waals surface area contributed by atoms with Crippen LogP contribution in [0.3, 0.4) is 0 Å². The fourth-order valence-electron chi connectivity index (χ4n) is 7.38. The molecule has 0 saturated carbocycles. The van der Waals surface area contributed by atoms with E-state index in [4.69, 9.17) is 4.74 Å². The number of carbonyl (C=O) groups is 3. The average molecular weight is 584 g/mol. The van der Waals surface area contributed by atoms with Crippen LogP contribution in [0.5, 0.6) is 5.75 Å². The van der Waals surface area contributed by atoms with E-state index in [-0.39, 0.29) is 30.1 Å². The number of hydrogen-bond acceptors (Lipinski definition) is 5. The molecule has 1 heterocycles. The van der Waals surface area contributed by atoms with Crippen molar-refractivity contribution in [1.82, 2.24) is 5.43 Å². The van der Waals surface area contributed by atoms with E-state index in [2.05, 4.69) is 10.5 Å². The lowest BCUT2D eigenvalue weighted by atomic mass is 9.47. The molecule has 0 aromatic heterocycles. The number of carbonyl (C=O) groups excluding carboxylic acids is 3. The third kappa shape index (κ3) is 4.34. The Morgan fingerprint density at radius 1 is 0.864 bits per heavy atom. The van der Waals surface area contributed by atoms with Crippen LogP contribution in [0.25, 0.3) is 0 Å². The highest BCUT2D eigenvalue weighted by Crippen LogP contribution is 2.63. The molecule has 1 N–H and O–H groups in total. The summed E-state index contributed by atoms with van der Waals surface area (Å²) in [4.78, 5) is 43.0. The lowest BCUT2D eigenvalue weighted by Crippen LogP contribution is -2.54. The maximum absolute atomic E-state index is 14.5. The molecule has 0 spiro atoms. The van der Waals surface area contributed by atoms with Crippen molar-refractivity contribution in [3.05, 3.63) is 131 Å². The molecule has 1 fully saturated rings. The quantitative estimate of drug-likeness (QED) is 0.154. The van der Waals surface area contributed by atoms with Crippen molar-refractivity contribution in [1.29, 1.82) is 0 Å². The Hall–Kier alpha value is -5.04. The third-order valence-electron chi connectivity index (χ3n) is 9.19. The van der Waals surface area contributed by atoms with Gasteiger partial charge in [-0.05, 0) is 64.9 Å². The van der Waals surface area contributed by atoms with Gasteiger partial charge in [-0.1, -0.05) is 85.8 Å². The van der Waals surface area contributed by atoms with Crippen molar-refractivity contribution in [2.75, 3.05) is 11.5 Å². The smallest absolute Gasteiger partial charge is 0.240 e. The number of nitrogens with one attached hydrogen (secondary N) is 1. The molecule has 0 unspecified atom stereocenters. The first-order chi connectivity index (χ1) is 21.5. The Labute approximate surface area is 256 Å². The van der Waals surface area contributed by atoms with Crippen molar-refractivity contribution in [2.24, 2.45) is 16.9 Å². The number of ether oxygens (including phenoxy) is 1. The lowest BCUT2D eigenvalue weighted by Gasteiger charge is -2.52. The first-order valence-electron chi connectivity index (χ1n) is 15.2. The molecule has 4 aliphatic rings. The summed E-state index contributed by atoms with van der Waals surface area (Å²) in [5.74, 6) is -1.60. The van der Waals surface area contributed by atoms with E-state index in [1.807, 2.05) is 85.8 Å². The van der Waals surface area contributed by atoms with Crippen LogP contribution in [0.4, 0.5) is 5.69 Å². The maximum atomic E-state index is 14.5. The molecule has 44 heavy (non-hydrogen) atoms. The largest absolute Gasteiger partial charge is 0.494 e. The van der Waals surface area contributed by atoms with Gasteiger partial charge in [-0.3, -0.25) is 14.4 Å². The van der Waals surface area contributed by atoms with E-state index < -0.39 is 17.3 Å². The highest BCUT2D eigenvalue weighted by Gasteiger charge is 2.68. The highest BCUT2D eigenvalue weighted by molar-refractivity contribution is 6.25. The molecule has 1 saturated heterocycles. The number of benzene rings is 4. The van der Waals surface area contributed by atoms with Crippen LogP contribution in [-0.2, 0) is 26.2 Å². The normalized spacial score (nSPS) is 22.9. The third-order valence-corrected chi connectivity index (χ3v) is 9.19. The summed E-state index contributed by atoms with van der Waals surface area (Å²) in [5.41, 5.74) is 7.19. The molecule has 3 aliphatic carbocycles.